The molecule has 0 amide bonds. The lowest BCUT2D eigenvalue weighted by Gasteiger charge is -2.35. The monoisotopic (exact) mass is 364 g/mol. The van der Waals surface area contributed by atoms with Gasteiger partial charge in [-0.1, -0.05) is 58.0 Å². The van der Waals surface area contributed by atoms with E-state index < -0.39 is 5.60 Å². The summed E-state index contributed by atoms with van der Waals surface area (Å²) >= 11 is 0. The summed E-state index contributed by atoms with van der Waals surface area (Å²) in [6.45, 7) is 10.5. The molecule has 0 spiro atoms. The molecule has 0 aliphatic heterocycles. The lowest BCUT2D eigenvalue weighted by Crippen LogP contribution is -2.34. The molecule has 0 aromatic heterocycles. The van der Waals surface area contributed by atoms with Crippen molar-refractivity contribution in [2.75, 3.05) is 7.11 Å². The van der Waals surface area contributed by atoms with E-state index in [9.17, 15) is 5.11 Å². The molecule has 2 atom stereocenters. The molecular weight excluding hydrogens is 332 g/mol. The lowest BCUT2D eigenvalue weighted by atomic mass is 9.76. The SMILES string of the molecule is CCC(C)C=C=Cc1cc(OC)c(C(O)(c2ccccc2)C(C)C)cc1C. The van der Waals surface area contributed by atoms with Crippen molar-refractivity contribution in [3.05, 3.63) is 76.5 Å². The average molecular weight is 365 g/mol. The van der Waals surface area contributed by atoms with Gasteiger partial charge < -0.3 is 9.84 Å². The first kappa shape index (κ1) is 21.0. The van der Waals surface area contributed by atoms with Crippen LogP contribution in [0.1, 0.15) is 56.4 Å². The van der Waals surface area contributed by atoms with Gasteiger partial charge in [0.1, 0.15) is 11.4 Å². The van der Waals surface area contributed by atoms with E-state index in [4.69, 9.17) is 4.74 Å². The number of methoxy groups -OCH3 is 1. The molecule has 0 radical (unpaired) electrons. The number of rotatable bonds is 7. The number of allylic oxidation sites excluding steroid dienone is 1. The zero-order valence-electron chi connectivity index (χ0n) is 17.4. The largest absolute Gasteiger partial charge is 0.496 e. The zero-order valence-corrected chi connectivity index (χ0v) is 17.4. The van der Waals surface area contributed by atoms with Crippen molar-refractivity contribution in [3.8, 4) is 5.75 Å². The van der Waals surface area contributed by atoms with Gasteiger partial charge in [0, 0.05) is 5.56 Å². The van der Waals surface area contributed by atoms with E-state index in [1.807, 2.05) is 62.4 Å². The Hall–Kier alpha value is -2.28. The smallest absolute Gasteiger partial charge is 0.125 e. The van der Waals surface area contributed by atoms with E-state index >= 15 is 0 Å². The number of aliphatic hydroxyl groups is 1. The Labute approximate surface area is 164 Å². The van der Waals surface area contributed by atoms with Gasteiger partial charge in [0.2, 0.25) is 0 Å². The first-order valence-electron chi connectivity index (χ1n) is 9.74. The molecule has 1 N–H and O–H groups in total. The maximum Gasteiger partial charge on any atom is 0.125 e. The molecule has 2 nitrogen and oxygen atoms in total. The predicted molar refractivity (Wildman–Crippen MR) is 114 cm³/mol. The number of hydrogen-bond donors (Lipinski definition) is 1. The molecule has 2 rings (SSSR count). The first-order valence-corrected chi connectivity index (χ1v) is 9.74. The van der Waals surface area contributed by atoms with Crippen molar-refractivity contribution in [1.29, 1.82) is 0 Å². The normalized spacial score (nSPS) is 14.2. The van der Waals surface area contributed by atoms with E-state index in [2.05, 4.69) is 32.6 Å². The molecule has 0 aliphatic carbocycles. The topological polar surface area (TPSA) is 29.5 Å². The second-order valence-corrected chi connectivity index (χ2v) is 7.56. The highest BCUT2D eigenvalue weighted by Gasteiger charge is 2.38. The molecule has 144 valence electrons. The van der Waals surface area contributed by atoms with Crippen molar-refractivity contribution in [1.82, 2.24) is 0 Å². The third kappa shape index (κ3) is 4.53. The van der Waals surface area contributed by atoms with Crippen LogP contribution >= 0.6 is 0 Å². The molecule has 0 bridgehead atoms. The highest BCUT2D eigenvalue weighted by Crippen LogP contribution is 2.42. The molecule has 0 aliphatic rings. The fraction of sp³-hybridized carbons (Fsp3) is 0.400. The Bertz CT molecular complexity index is 814. The van der Waals surface area contributed by atoms with Crippen molar-refractivity contribution in [3.63, 3.8) is 0 Å². The fourth-order valence-electron chi connectivity index (χ4n) is 3.24. The standard InChI is InChI=1S/C25H32O2/c1-7-19(4)12-11-13-21-17-24(27-6)23(16-20(21)5)25(26,18(2)3)22-14-9-8-10-15-22/h8-10,12-19,26H,7H2,1-6H3. The van der Waals surface area contributed by atoms with Crippen LogP contribution in [0.4, 0.5) is 0 Å². The highest BCUT2D eigenvalue weighted by atomic mass is 16.5. The lowest BCUT2D eigenvalue weighted by molar-refractivity contribution is 0.0294. The summed E-state index contributed by atoms with van der Waals surface area (Å²) in [5.74, 6) is 1.18. The summed E-state index contributed by atoms with van der Waals surface area (Å²) in [6, 6.07) is 13.9. The van der Waals surface area contributed by atoms with Crippen molar-refractivity contribution >= 4 is 6.08 Å². The fourth-order valence-corrected chi connectivity index (χ4v) is 3.24. The second kappa shape index (κ2) is 9.08. The molecule has 2 aromatic rings. The minimum atomic E-state index is -1.12. The summed E-state index contributed by atoms with van der Waals surface area (Å²) in [7, 11) is 1.66. The number of ether oxygens (including phenoxy) is 1. The number of benzene rings is 2. The van der Waals surface area contributed by atoms with Gasteiger partial charge in [-0.2, -0.15) is 0 Å². The predicted octanol–water partition coefficient (Wildman–Crippen LogP) is 6.11. The van der Waals surface area contributed by atoms with Crippen LogP contribution in [-0.2, 0) is 5.60 Å². The molecule has 0 heterocycles. The third-order valence-corrected chi connectivity index (χ3v) is 5.31. The van der Waals surface area contributed by atoms with Gasteiger partial charge in [-0.25, -0.2) is 0 Å². The zero-order chi connectivity index (χ0) is 20.0. The molecule has 0 saturated heterocycles. The van der Waals surface area contributed by atoms with Crippen LogP contribution in [0.3, 0.4) is 0 Å². The summed E-state index contributed by atoms with van der Waals surface area (Å²) in [5.41, 5.74) is 5.98. The van der Waals surface area contributed by atoms with Gasteiger partial charge in [-0.05, 0) is 66.2 Å². The Balaban J connectivity index is 2.60. The van der Waals surface area contributed by atoms with Gasteiger partial charge in [-0.15, -0.1) is 5.73 Å². The van der Waals surface area contributed by atoms with Crippen molar-refractivity contribution < 1.29 is 9.84 Å². The maximum atomic E-state index is 11.7. The summed E-state index contributed by atoms with van der Waals surface area (Å²) in [5, 5.41) is 11.7. The molecular formula is C25H32O2. The molecule has 27 heavy (non-hydrogen) atoms. The number of hydrogen-bond acceptors (Lipinski definition) is 2. The van der Waals surface area contributed by atoms with E-state index in [0.29, 0.717) is 11.7 Å². The van der Waals surface area contributed by atoms with Crippen LogP contribution in [0, 0.1) is 18.8 Å². The average Bonchev–Trinajstić information content (AvgIpc) is 2.68. The van der Waals surface area contributed by atoms with Gasteiger partial charge >= 0.3 is 0 Å². The van der Waals surface area contributed by atoms with Crippen LogP contribution in [-0.4, -0.2) is 12.2 Å². The van der Waals surface area contributed by atoms with Crippen LogP contribution in [0.5, 0.6) is 5.75 Å². The molecule has 2 aromatic carbocycles. The Kier molecular flexibility index (Phi) is 7.07. The Morgan fingerprint density at radius 3 is 2.37 bits per heavy atom. The Morgan fingerprint density at radius 2 is 1.81 bits per heavy atom. The van der Waals surface area contributed by atoms with Crippen LogP contribution in [0.25, 0.3) is 6.08 Å². The van der Waals surface area contributed by atoms with E-state index in [0.717, 1.165) is 28.7 Å². The van der Waals surface area contributed by atoms with Crippen LogP contribution in [0.2, 0.25) is 0 Å². The Morgan fingerprint density at radius 1 is 1.15 bits per heavy atom. The number of aryl methyl sites for hydroxylation is 1. The van der Waals surface area contributed by atoms with Crippen LogP contribution < -0.4 is 4.74 Å². The van der Waals surface area contributed by atoms with Gasteiger partial charge in [-0.3, -0.25) is 0 Å². The molecule has 0 saturated carbocycles. The minimum absolute atomic E-state index is 0.0140. The van der Waals surface area contributed by atoms with E-state index in [-0.39, 0.29) is 5.92 Å². The van der Waals surface area contributed by atoms with Gasteiger partial charge in [0.25, 0.3) is 0 Å². The van der Waals surface area contributed by atoms with Crippen molar-refractivity contribution in [2.24, 2.45) is 11.8 Å². The first-order chi connectivity index (χ1) is 12.8. The van der Waals surface area contributed by atoms with Gasteiger partial charge in [0.05, 0.1) is 7.11 Å². The van der Waals surface area contributed by atoms with E-state index in [1.165, 1.54) is 0 Å². The van der Waals surface area contributed by atoms with E-state index in [1.54, 1.807) is 7.11 Å². The minimum Gasteiger partial charge on any atom is -0.496 e. The molecule has 2 heteroatoms. The van der Waals surface area contributed by atoms with Crippen LogP contribution in [0.15, 0.2) is 54.3 Å². The summed E-state index contributed by atoms with van der Waals surface area (Å²) in [4.78, 5) is 0. The summed E-state index contributed by atoms with van der Waals surface area (Å²) in [6.07, 6.45) is 5.18. The second-order valence-electron chi connectivity index (χ2n) is 7.56. The summed E-state index contributed by atoms with van der Waals surface area (Å²) < 4.78 is 5.69. The highest BCUT2D eigenvalue weighted by molar-refractivity contribution is 5.60. The maximum absolute atomic E-state index is 11.7. The quantitative estimate of drug-likeness (QED) is 0.601. The molecule has 2 unspecified atom stereocenters. The molecule has 0 fully saturated rings. The van der Waals surface area contributed by atoms with Crippen molar-refractivity contribution in [2.45, 2.75) is 46.6 Å². The third-order valence-electron chi connectivity index (χ3n) is 5.31. The van der Waals surface area contributed by atoms with Gasteiger partial charge in [0.15, 0.2) is 0 Å².